The molecule has 0 aliphatic carbocycles. The molecular weight excluding hydrogens is 345 g/mol. The Morgan fingerprint density at radius 2 is 1.62 bits per heavy atom. The fourth-order valence-corrected chi connectivity index (χ4v) is 2.57. The average molecular weight is 360 g/mol. The van der Waals surface area contributed by atoms with Crippen LogP contribution in [0.2, 0.25) is 0 Å². The first-order valence-electron chi connectivity index (χ1n) is 7.90. The Labute approximate surface area is 147 Å². The second kappa shape index (κ2) is 7.03. The van der Waals surface area contributed by atoms with E-state index in [1.54, 1.807) is 12.1 Å². The predicted octanol–water partition coefficient (Wildman–Crippen LogP) is 3.32. The lowest BCUT2D eigenvalue weighted by atomic mass is 10.1. The zero-order valence-corrected chi connectivity index (χ0v) is 13.9. The van der Waals surface area contributed by atoms with E-state index in [0.717, 1.165) is 28.7 Å². The molecule has 1 aliphatic heterocycles. The first kappa shape index (κ1) is 17.7. The third-order valence-electron chi connectivity index (χ3n) is 4.11. The Bertz CT molecular complexity index is 884. The highest BCUT2D eigenvalue weighted by Gasteiger charge is 2.31. The van der Waals surface area contributed by atoms with Crippen molar-refractivity contribution in [2.45, 2.75) is 13.3 Å². The Hall–Kier alpha value is -3.09. The molecule has 0 saturated heterocycles. The van der Waals surface area contributed by atoms with Crippen molar-refractivity contribution in [3.8, 4) is 0 Å². The number of nitrogens with one attached hydrogen (secondary N) is 1. The van der Waals surface area contributed by atoms with Crippen molar-refractivity contribution in [2.75, 3.05) is 11.9 Å². The molecule has 1 heterocycles. The van der Waals surface area contributed by atoms with Gasteiger partial charge in [-0.05, 0) is 43.2 Å². The molecule has 0 atom stereocenters. The number of nitrogens with zero attached hydrogens (tertiary/aromatic N) is 1. The van der Waals surface area contributed by atoms with E-state index in [1.807, 2.05) is 0 Å². The van der Waals surface area contributed by atoms with Crippen LogP contribution in [0.15, 0.2) is 48.2 Å². The monoisotopic (exact) mass is 360 g/mol. The van der Waals surface area contributed by atoms with Crippen LogP contribution in [0.5, 0.6) is 0 Å². The van der Waals surface area contributed by atoms with Crippen LogP contribution < -0.4 is 5.32 Å². The minimum Gasteiger partial charge on any atom is -0.351 e. The fraction of sp³-hybridized carbons (Fsp3) is 0.158. The summed E-state index contributed by atoms with van der Waals surface area (Å²) in [5.41, 5.74) is 0.630. The van der Waals surface area contributed by atoms with Gasteiger partial charge in [0.25, 0.3) is 11.8 Å². The van der Waals surface area contributed by atoms with Crippen molar-refractivity contribution < 1.29 is 22.8 Å². The van der Waals surface area contributed by atoms with Crippen molar-refractivity contribution >= 4 is 17.5 Å². The number of rotatable bonds is 5. The molecule has 7 heteroatoms. The highest BCUT2D eigenvalue weighted by atomic mass is 19.1. The largest absolute Gasteiger partial charge is 0.351 e. The van der Waals surface area contributed by atoms with E-state index in [-0.39, 0.29) is 29.3 Å². The summed E-state index contributed by atoms with van der Waals surface area (Å²) in [5, 5.41) is 2.59. The van der Waals surface area contributed by atoms with Gasteiger partial charge in [-0.15, -0.1) is 0 Å². The van der Waals surface area contributed by atoms with Crippen molar-refractivity contribution in [2.24, 2.45) is 0 Å². The zero-order chi connectivity index (χ0) is 18.8. The van der Waals surface area contributed by atoms with Gasteiger partial charge in [-0.25, -0.2) is 13.2 Å². The lowest BCUT2D eigenvalue weighted by molar-refractivity contribution is -0.137. The first-order chi connectivity index (χ1) is 12.3. The quantitative estimate of drug-likeness (QED) is 0.833. The molecule has 2 aromatic carbocycles. The van der Waals surface area contributed by atoms with E-state index in [2.05, 4.69) is 5.32 Å². The minimum absolute atomic E-state index is 0.0402. The summed E-state index contributed by atoms with van der Waals surface area (Å²) in [7, 11) is 0. The molecule has 26 heavy (non-hydrogen) atoms. The molecule has 3 rings (SSSR count). The Morgan fingerprint density at radius 3 is 2.23 bits per heavy atom. The molecule has 0 unspecified atom stereocenters. The molecule has 0 fully saturated rings. The molecule has 2 aromatic rings. The summed E-state index contributed by atoms with van der Waals surface area (Å²) in [5.74, 6) is -2.98. The van der Waals surface area contributed by atoms with Gasteiger partial charge >= 0.3 is 0 Å². The van der Waals surface area contributed by atoms with E-state index in [1.165, 1.54) is 19.1 Å². The van der Waals surface area contributed by atoms with Gasteiger partial charge in [0, 0.05) is 23.9 Å². The van der Waals surface area contributed by atoms with Gasteiger partial charge in [-0.1, -0.05) is 12.1 Å². The molecular formula is C19H15F3N2O2. The Kier molecular flexibility index (Phi) is 4.79. The molecule has 134 valence electrons. The van der Waals surface area contributed by atoms with Crippen LogP contribution in [-0.4, -0.2) is 23.3 Å². The number of hydrogen-bond acceptors (Lipinski definition) is 3. The molecule has 0 saturated carbocycles. The van der Waals surface area contributed by atoms with Gasteiger partial charge in [0.05, 0.1) is 0 Å². The highest BCUT2D eigenvalue weighted by molar-refractivity contribution is 6.17. The van der Waals surface area contributed by atoms with Crippen LogP contribution in [0, 0.1) is 24.4 Å². The molecule has 1 N–H and O–H groups in total. The van der Waals surface area contributed by atoms with Crippen molar-refractivity contribution in [3.63, 3.8) is 0 Å². The van der Waals surface area contributed by atoms with Gasteiger partial charge in [0.15, 0.2) is 0 Å². The topological polar surface area (TPSA) is 49.4 Å². The Morgan fingerprint density at radius 1 is 1.00 bits per heavy atom. The normalized spacial score (nSPS) is 14.0. The fourth-order valence-electron chi connectivity index (χ4n) is 2.57. The summed E-state index contributed by atoms with van der Waals surface area (Å²) in [4.78, 5) is 25.4. The third kappa shape index (κ3) is 3.61. The summed E-state index contributed by atoms with van der Waals surface area (Å²) in [6.07, 6.45) is 1.45. The standard InChI is InChI=1S/C19H15F3N2O2/c1-11-15(21)8-14(9-16(11)22)23-17-10-18(25)24(19(17)26)7-6-12-2-4-13(20)5-3-12/h2-5,8-10,23H,6-7H2,1H3. The van der Waals surface area contributed by atoms with Gasteiger partial charge in [-0.3, -0.25) is 14.5 Å². The summed E-state index contributed by atoms with van der Waals surface area (Å²) < 4.78 is 40.1. The molecule has 2 amide bonds. The summed E-state index contributed by atoms with van der Waals surface area (Å²) in [6.45, 7) is 1.41. The lowest BCUT2D eigenvalue weighted by Crippen LogP contribution is -2.33. The zero-order valence-electron chi connectivity index (χ0n) is 13.9. The maximum absolute atomic E-state index is 13.6. The van der Waals surface area contributed by atoms with E-state index in [4.69, 9.17) is 0 Å². The van der Waals surface area contributed by atoms with Gasteiger partial charge in [-0.2, -0.15) is 0 Å². The van der Waals surface area contributed by atoms with Crippen LogP contribution in [0.4, 0.5) is 18.9 Å². The van der Waals surface area contributed by atoms with Crippen LogP contribution >= 0.6 is 0 Å². The number of carbonyl (C=O) groups is 2. The molecule has 0 aromatic heterocycles. The number of anilines is 1. The molecule has 0 bridgehead atoms. The van der Waals surface area contributed by atoms with E-state index >= 15 is 0 Å². The number of carbonyl (C=O) groups excluding carboxylic acids is 2. The second-order valence-corrected chi connectivity index (χ2v) is 5.92. The molecule has 0 radical (unpaired) electrons. The van der Waals surface area contributed by atoms with Crippen molar-refractivity contribution in [1.82, 2.24) is 4.90 Å². The lowest BCUT2D eigenvalue weighted by Gasteiger charge is -2.15. The Balaban J connectivity index is 1.68. The van der Waals surface area contributed by atoms with E-state index < -0.39 is 23.4 Å². The number of amides is 2. The first-order valence-corrected chi connectivity index (χ1v) is 7.90. The van der Waals surface area contributed by atoms with E-state index in [0.29, 0.717) is 6.42 Å². The van der Waals surface area contributed by atoms with Gasteiger partial charge in [0.1, 0.15) is 23.1 Å². The number of imide groups is 1. The van der Waals surface area contributed by atoms with Gasteiger partial charge < -0.3 is 5.32 Å². The maximum atomic E-state index is 13.6. The number of halogens is 3. The maximum Gasteiger partial charge on any atom is 0.277 e. The van der Waals surface area contributed by atoms with Crippen molar-refractivity contribution in [1.29, 1.82) is 0 Å². The van der Waals surface area contributed by atoms with Crippen LogP contribution in [-0.2, 0) is 16.0 Å². The summed E-state index contributed by atoms with van der Waals surface area (Å²) in [6, 6.07) is 7.86. The number of hydrogen-bond donors (Lipinski definition) is 1. The van der Waals surface area contributed by atoms with Crippen LogP contribution in [0.25, 0.3) is 0 Å². The smallest absolute Gasteiger partial charge is 0.277 e. The van der Waals surface area contributed by atoms with Crippen LogP contribution in [0.1, 0.15) is 11.1 Å². The highest BCUT2D eigenvalue weighted by Crippen LogP contribution is 2.22. The van der Waals surface area contributed by atoms with Gasteiger partial charge in [0.2, 0.25) is 0 Å². The second-order valence-electron chi connectivity index (χ2n) is 5.92. The molecule has 0 spiro atoms. The third-order valence-corrected chi connectivity index (χ3v) is 4.11. The van der Waals surface area contributed by atoms with Crippen LogP contribution in [0.3, 0.4) is 0 Å². The number of benzene rings is 2. The minimum atomic E-state index is -0.752. The predicted molar refractivity (Wildman–Crippen MR) is 89.6 cm³/mol. The molecule has 4 nitrogen and oxygen atoms in total. The van der Waals surface area contributed by atoms with Crippen molar-refractivity contribution in [3.05, 3.63) is 76.7 Å². The van der Waals surface area contributed by atoms with E-state index in [9.17, 15) is 22.8 Å². The summed E-state index contributed by atoms with van der Waals surface area (Å²) >= 11 is 0. The SMILES string of the molecule is Cc1c(F)cc(NC2=CC(=O)N(CCc3ccc(F)cc3)C2=O)cc1F. The average Bonchev–Trinajstić information content (AvgIpc) is 2.86. The molecule has 1 aliphatic rings.